The van der Waals surface area contributed by atoms with Crippen molar-refractivity contribution in [2.24, 2.45) is 0 Å². The molecule has 0 amide bonds. The Hall–Kier alpha value is -1.92. The topological polar surface area (TPSA) is 79.5 Å². The molecule has 1 aliphatic rings. The zero-order valence-corrected chi connectivity index (χ0v) is 12.0. The van der Waals surface area contributed by atoms with Crippen molar-refractivity contribution in [3.8, 4) is 11.5 Å². The number of carbonyl (C=O) groups is 1. The second-order valence-corrected chi connectivity index (χ2v) is 5.41. The van der Waals surface area contributed by atoms with Crippen molar-refractivity contribution < 1.29 is 14.3 Å². The number of carboxylic acid groups (broad SMARTS) is 1. The largest absolute Gasteiger partial charge is 0.480 e. The molecule has 1 N–H and O–H groups in total. The van der Waals surface area contributed by atoms with Gasteiger partial charge in [0.2, 0.25) is 11.8 Å². The first kappa shape index (κ1) is 14.0. The van der Waals surface area contributed by atoms with Gasteiger partial charge in [-0.15, -0.1) is 10.2 Å². The molecule has 1 atom stereocenters. The molecular formula is C14H14ClN3O3. The second-order valence-electron chi connectivity index (χ2n) is 4.97. The van der Waals surface area contributed by atoms with Crippen molar-refractivity contribution in [1.29, 1.82) is 0 Å². The summed E-state index contributed by atoms with van der Waals surface area (Å²) in [6.07, 6.45) is 1.53. The smallest absolute Gasteiger partial charge is 0.320 e. The maximum atomic E-state index is 11.1. The maximum Gasteiger partial charge on any atom is 0.320 e. The summed E-state index contributed by atoms with van der Waals surface area (Å²) in [4.78, 5) is 13.0. The van der Waals surface area contributed by atoms with Gasteiger partial charge in [-0.1, -0.05) is 11.6 Å². The van der Waals surface area contributed by atoms with Crippen molar-refractivity contribution >= 4 is 17.6 Å². The highest BCUT2D eigenvalue weighted by Crippen LogP contribution is 2.23. The fourth-order valence-electron chi connectivity index (χ4n) is 2.50. The first-order chi connectivity index (χ1) is 10.1. The summed E-state index contributed by atoms with van der Waals surface area (Å²) in [5, 5.41) is 17.8. The minimum atomic E-state index is -0.801. The minimum Gasteiger partial charge on any atom is -0.480 e. The Kier molecular flexibility index (Phi) is 3.90. The van der Waals surface area contributed by atoms with Crippen molar-refractivity contribution in [2.75, 3.05) is 6.54 Å². The molecule has 7 heteroatoms. The highest BCUT2D eigenvalue weighted by molar-refractivity contribution is 6.30. The van der Waals surface area contributed by atoms with Crippen molar-refractivity contribution in [2.45, 2.75) is 25.4 Å². The Morgan fingerprint density at radius 3 is 2.86 bits per heavy atom. The van der Waals surface area contributed by atoms with Gasteiger partial charge in [0.1, 0.15) is 6.04 Å². The average Bonchev–Trinajstić information content (AvgIpc) is 3.09. The van der Waals surface area contributed by atoms with Crippen LogP contribution >= 0.6 is 11.6 Å². The summed E-state index contributed by atoms with van der Waals surface area (Å²) >= 11 is 5.83. The predicted molar refractivity (Wildman–Crippen MR) is 75.8 cm³/mol. The lowest BCUT2D eigenvalue weighted by atomic mass is 10.2. The molecule has 1 aromatic carbocycles. The van der Waals surface area contributed by atoms with E-state index in [1.807, 2.05) is 4.90 Å². The van der Waals surface area contributed by atoms with Crippen LogP contribution in [0.3, 0.4) is 0 Å². The van der Waals surface area contributed by atoms with Crippen LogP contribution in [0, 0.1) is 0 Å². The van der Waals surface area contributed by atoms with Crippen LogP contribution in [-0.4, -0.2) is 38.8 Å². The first-order valence-corrected chi connectivity index (χ1v) is 7.06. The molecule has 1 saturated heterocycles. The number of carboxylic acids is 1. The number of nitrogens with zero attached hydrogens (tertiary/aromatic N) is 3. The Balaban J connectivity index is 1.73. The lowest BCUT2D eigenvalue weighted by Gasteiger charge is -2.18. The molecular weight excluding hydrogens is 294 g/mol. The van der Waals surface area contributed by atoms with Crippen LogP contribution in [0.25, 0.3) is 11.5 Å². The molecule has 3 rings (SSSR count). The lowest BCUT2D eigenvalue weighted by Crippen LogP contribution is -2.35. The van der Waals surface area contributed by atoms with E-state index in [-0.39, 0.29) is 0 Å². The summed E-state index contributed by atoms with van der Waals surface area (Å²) in [7, 11) is 0. The lowest BCUT2D eigenvalue weighted by molar-refractivity contribution is -0.142. The van der Waals surface area contributed by atoms with Crippen LogP contribution in [0.4, 0.5) is 0 Å². The van der Waals surface area contributed by atoms with E-state index in [0.29, 0.717) is 29.8 Å². The number of halogens is 1. The molecule has 2 aromatic rings. The second kappa shape index (κ2) is 5.83. The van der Waals surface area contributed by atoms with Crippen LogP contribution in [-0.2, 0) is 11.3 Å². The van der Waals surface area contributed by atoms with Crippen LogP contribution in [0.5, 0.6) is 0 Å². The van der Waals surface area contributed by atoms with Gasteiger partial charge in [0, 0.05) is 10.6 Å². The Labute approximate surface area is 126 Å². The number of rotatable bonds is 4. The van der Waals surface area contributed by atoms with E-state index in [4.69, 9.17) is 21.1 Å². The number of likely N-dealkylation sites (tertiary alicyclic amines) is 1. The Morgan fingerprint density at radius 2 is 2.14 bits per heavy atom. The summed E-state index contributed by atoms with van der Waals surface area (Å²) in [5.74, 6) is 0.0331. The van der Waals surface area contributed by atoms with Crippen molar-refractivity contribution in [3.05, 3.63) is 35.2 Å². The summed E-state index contributed by atoms with van der Waals surface area (Å²) < 4.78 is 5.60. The Morgan fingerprint density at radius 1 is 1.38 bits per heavy atom. The van der Waals surface area contributed by atoms with Crippen molar-refractivity contribution in [1.82, 2.24) is 15.1 Å². The highest BCUT2D eigenvalue weighted by atomic mass is 35.5. The quantitative estimate of drug-likeness (QED) is 0.934. The average molecular weight is 308 g/mol. The molecule has 1 aliphatic heterocycles. The normalized spacial score (nSPS) is 19.0. The Bertz CT molecular complexity index is 641. The summed E-state index contributed by atoms with van der Waals surface area (Å²) in [6, 6.07) is 6.64. The van der Waals surface area contributed by atoms with E-state index in [0.717, 1.165) is 18.5 Å². The van der Waals surface area contributed by atoms with Gasteiger partial charge in [0.25, 0.3) is 0 Å². The van der Waals surface area contributed by atoms with Gasteiger partial charge >= 0.3 is 5.97 Å². The fourth-order valence-corrected chi connectivity index (χ4v) is 2.62. The highest BCUT2D eigenvalue weighted by Gasteiger charge is 2.31. The van der Waals surface area contributed by atoms with Crippen LogP contribution in [0.1, 0.15) is 18.7 Å². The third kappa shape index (κ3) is 3.06. The van der Waals surface area contributed by atoms with E-state index >= 15 is 0 Å². The molecule has 1 aromatic heterocycles. The van der Waals surface area contributed by atoms with Gasteiger partial charge < -0.3 is 9.52 Å². The zero-order valence-electron chi connectivity index (χ0n) is 11.2. The van der Waals surface area contributed by atoms with E-state index in [2.05, 4.69) is 10.2 Å². The number of aromatic nitrogens is 2. The molecule has 1 unspecified atom stereocenters. The van der Waals surface area contributed by atoms with Crippen molar-refractivity contribution in [3.63, 3.8) is 0 Å². The number of hydrogen-bond acceptors (Lipinski definition) is 5. The molecule has 0 spiro atoms. The van der Waals surface area contributed by atoms with Gasteiger partial charge in [0.05, 0.1) is 6.54 Å². The molecule has 21 heavy (non-hydrogen) atoms. The SMILES string of the molecule is O=C(O)C1CCCN1Cc1nnc(-c2ccc(Cl)cc2)o1. The minimum absolute atomic E-state index is 0.359. The third-order valence-corrected chi connectivity index (χ3v) is 3.80. The fraction of sp³-hybridized carbons (Fsp3) is 0.357. The molecule has 0 aliphatic carbocycles. The van der Waals surface area contributed by atoms with Crippen LogP contribution in [0.15, 0.2) is 28.7 Å². The van der Waals surface area contributed by atoms with E-state index in [1.54, 1.807) is 24.3 Å². The summed E-state index contributed by atoms with van der Waals surface area (Å²) in [5.41, 5.74) is 0.786. The third-order valence-electron chi connectivity index (χ3n) is 3.55. The molecule has 110 valence electrons. The number of aliphatic carboxylic acids is 1. The number of hydrogen-bond donors (Lipinski definition) is 1. The molecule has 0 bridgehead atoms. The van der Waals surface area contributed by atoms with E-state index in [9.17, 15) is 4.79 Å². The van der Waals surface area contributed by atoms with Crippen LogP contribution < -0.4 is 0 Å². The van der Waals surface area contributed by atoms with Gasteiger partial charge in [-0.3, -0.25) is 9.69 Å². The van der Waals surface area contributed by atoms with E-state index in [1.165, 1.54) is 0 Å². The molecule has 2 heterocycles. The molecule has 6 nitrogen and oxygen atoms in total. The number of benzene rings is 1. The van der Waals surface area contributed by atoms with Crippen LogP contribution in [0.2, 0.25) is 5.02 Å². The van der Waals surface area contributed by atoms with Gasteiger partial charge in [-0.25, -0.2) is 0 Å². The monoisotopic (exact) mass is 307 g/mol. The summed E-state index contributed by atoms with van der Waals surface area (Å²) in [6.45, 7) is 1.09. The molecule has 0 radical (unpaired) electrons. The zero-order chi connectivity index (χ0) is 14.8. The predicted octanol–water partition coefficient (Wildman–Crippen LogP) is 2.44. The van der Waals surface area contributed by atoms with E-state index < -0.39 is 12.0 Å². The molecule has 0 saturated carbocycles. The van der Waals surface area contributed by atoms with Gasteiger partial charge in [-0.2, -0.15) is 0 Å². The van der Waals surface area contributed by atoms with Gasteiger partial charge in [0.15, 0.2) is 0 Å². The standard InChI is InChI=1S/C14H14ClN3O3/c15-10-5-3-9(4-6-10)13-17-16-12(21-13)8-18-7-1-2-11(18)14(19)20/h3-6,11H,1-2,7-8H2,(H,19,20). The maximum absolute atomic E-state index is 11.1. The molecule has 1 fully saturated rings. The van der Waals surface area contributed by atoms with Gasteiger partial charge in [-0.05, 0) is 43.7 Å². The first-order valence-electron chi connectivity index (χ1n) is 6.68.